The molecular weight excluding hydrogens is 348 g/mol. The molecule has 6 heteroatoms. The summed E-state index contributed by atoms with van der Waals surface area (Å²) < 4.78 is 11.0. The van der Waals surface area contributed by atoms with Crippen LogP contribution in [0.15, 0.2) is 35.7 Å². The van der Waals surface area contributed by atoms with Gasteiger partial charge in [0.2, 0.25) is 5.91 Å². The van der Waals surface area contributed by atoms with Gasteiger partial charge in [0.05, 0.1) is 31.9 Å². The summed E-state index contributed by atoms with van der Waals surface area (Å²) in [4.78, 5) is 15.8. The largest absolute Gasteiger partial charge is 0.493 e. The van der Waals surface area contributed by atoms with Crippen molar-refractivity contribution in [1.29, 1.82) is 5.26 Å². The lowest BCUT2D eigenvalue weighted by Crippen LogP contribution is -2.32. The Morgan fingerprint density at radius 3 is 2.85 bits per heavy atom. The summed E-state index contributed by atoms with van der Waals surface area (Å²) >= 11 is 1.69. The minimum atomic E-state index is 0.191. The molecule has 0 spiro atoms. The van der Waals surface area contributed by atoms with Crippen molar-refractivity contribution in [2.24, 2.45) is 0 Å². The third kappa shape index (κ3) is 4.77. The van der Waals surface area contributed by atoms with Crippen LogP contribution in [-0.2, 0) is 11.3 Å². The van der Waals surface area contributed by atoms with E-state index in [1.165, 1.54) is 4.88 Å². The number of rotatable bonds is 9. The molecule has 0 atom stereocenters. The third-order valence-electron chi connectivity index (χ3n) is 4.30. The molecule has 1 fully saturated rings. The highest BCUT2D eigenvalue weighted by molar-refractivity contribution is 7.09. The van der Waals surface area contributed by atoms with E-state index in [1.807, 2.05) is 16.3 Å². The molecule has 1 heterocycles. The Kier molecular flexibility index (Phi) is 6.13. The maximum atomic E-state index is 12.6. The molecule has 0 unspecified atom stereocenters. The fourth-order valence-corrected chi connectivity index (χ4v) is 3.49. The molecule has 26 heavy (non-hydrogen) atoms. The number of methoxy groups -OCH3 is 1. The van der Waals surface area contributed by atoms with E-state index in [0.29, 0.717) is 49.1 Å². The SMILES string of the molecule is COc1cc(C#N)ccc1OCCCC(=O)N(Cc1cccs1)C1CC1. The van der Waals surface area contributed by atoms with Gasteiger partial charge < -0.3 is 14.4 Å². The number of nitrogens with zero attached hydrogens (tertiary/aromatic N) is 2. The molecule has 1 aliphatic rings. The lowest BCUT2D eigenvalue weighted by Gasteiger charge is -2.22. The Labute approximate surface area is 157 Å². The first-order chi connectivity index (χ1) is 12.7. The summed E-state index contributed by atoms with van der Waals surface area (Å²) in [5, 5.41) is 11.0. The summed E-state index contributed by atoms with van der Waals surface area (Å²) in [6, 6.07) is 11.7. The predicted octanol–water partition coefficient (Wildman–Crippen LogP) is 3.98. The van der Waals surface area contributed by atoms with Gasteiger partial charge in [-0.15, -0.1) is 11.3 Å². The summed E-state index contributed by atoms with van der Waals surface area (Å²) in [7, 11) is 1.55. The van der Waals surface area contributed by atoms with Crippen LogP contribution in [0.4, 0.5) is 0 Å². The molecule has 0 N–H and O–H groups in total. The van der Waals surface area contributed by atoms with E-state index >= 15 is 0 Å². The smallest absolute Gasteiger partial charge is 0.223 e. The molecule has 2 aromatic rings. The molecule has 1 saturated carbocycles. The summed E-state index contributed by atoms with van der Waals surface area (Å²) in [6.45, 7) is 1.15. The molecule has 1 aromatic heterocycles. The van der Waals surface area contributed by atoms with Crippen molar-refractivity contribution in [3.8, 4) is 17.6 Å². The summed E-state index contributed by atoms with van der Waals surface area (Å²) in [5.74, 6) is 1.32. The van der Waals surface area contributed by atoms with Gasteiger partial charge in [-0.25, -0.2) is 0 Å². The molecule has 0 saturated heterocycles. The highest BCUT2D eigenvalue weighted by atomic mass is 32.1. The summed E-state index contributed by atoms with van der Waals surface area (Å²) in [5.41, 5.74) is 0.526. The summed E-state index contributed by atoms with van der Waals surface area (Å²) in [6.07, 6.45) is 3.34. The molecule has 5 nitrogen and oxygen atoms in total. The molecule has 136 valence electrons. The van der Waals surface area contributed by atoms with Crippen LogP contribution < -0.4 is 9.47 Å². The zero-order chi connectivity index (χ0) is 18.4. The fraction of sp³-hybridized carbons (Fsp3) is 0.400. The molecule has 1 aliphatic carbocycles. The standard InChI is InChI=1S/C20H22N2O3S/c1-24-19-12-15(13-21)6-9-18(19)25-10-2-5-20(23)22(16-7-8-16)14-17-4-3-11-26-17/h3-4,6,9,11-12,16H,2,5,7-8,10,14H2,1H3. The maximum absolute atomic E-state index is 12.6. The van der Waals surface area contributed by atoms with Gasteiger partial charge in [-0.1, -0.05) is 6.07 Å². The van der Waals surface area contributed by atoms with Crippen molar-refractivity contribution in [2.75, 3.05) is 13.7 Å². The van der Waals surface area contributed by atoms with Crippen LogP contribution in [0, 0.1) is 11.3 Å². The van der Waals surface area contributed by atoms with E-state index in [4.69, 9.17) is 14.7 Å². The topological polar surface area (TPSA) is 62.6 Å². The second-order valence-electron chi connectivity index (χ2n) is 6.26. The average Bonchev–Trinajstić information content (AvgIpc) is 3.38. The predicted molar refractivity (Wildman–Crippen MR) is 100 cm³/mol. The van der Waals surface area contributed by atoms with E-state index in [0.717, 1.165) is 12.8 Å². The molecule has 0 radical (unpaired) electrons. The highest BCUT2D eigenvalue weighted by Crippen LogP contribution is 2.30. The number of amides is 1. The van der Waals surface area contributed by atoms with Gasteiger partial charge in [0.15, 0.2) is 11.5 Å². The van der Waals surface area contributed by atoms with Crippen LogP contribution >= 0.6 is 11.3 Å². The van der Waals surface area contributed by atoms with E-state index in [-0.39, 0.29) is 5.91 Å². The number of benzene rings is 1. The van der Waals surface area contributed by atoms with Crippen LogP contribution in [0.25, 0.3) is 0 Å². The van der Waals surface area contributed by atoms with Crippen molar-refractivity contribution < 1.29 is 14.3 Å². The number of nitriles is 1. The van der Waals surface area contributed by atoms with Crippen LogP contribution in [0.3, 0.4) is 0 Å². The minimum absolute atomic E-state index is 0.191. The second kappa shape index (κ2) is 8.72. The number of hydrogen-bond donors (Lipinski definition) is 0. The number of thiophene rings is 1. The Bertz CT molecular complexity index is 779. The van der Waals surface area contributed by atoms with Crippen LogP contribution in [-0.4, -0.2) is 30.6 Å². The minimum Gasteiger partial charge on any atom is -0.493 e. The average molecular weight is 370 g/mol. The molecule has 1 aromatic carbocycles. The van der Waals surface area contributed by atoms with Crippen LogP contribution in [0.2, 0.25) is 0 Å². The first-order valence-corrected chi connectivity index (χ1v) is 9.62. The van der Waals surface area contributed by atoms with Crippen LogP contribution in [0.1, 0.15) is 36.1 Å². The monoisotopic (exact) mass is 370 g/mol. The van der Waals surface area contributed by atoms with Gasteiger partial charge in [0, 0.05) is 23.4 Å². The third-order valence-corrected chi connectivity index (χ3v) is 5.16. The Balaban J connectivity index is 1.48. The zero-order valence-corrected chi connectivity index (χ0v) is 15.6. The van der Waals surface area contributed by atoms with Crippen molar-refractivity contribution >= 4 is 17.2 Å². The Hall–Kier alpha value is -2.52. The highest BCUT2D eigenvalue weighted by Gasteiger charge is 2.32. The van der Waals surface area contributed by atoms with Gasteiger partial charge in [0.1, 0.15) is 0 Å². The van der Waals surface area contributed by atoms with Crippen molar-refractivity contribution in [1.82, 2.24) is 4.90 Å². The molecule has 0 aliphatic heterocycles. The van der Waals surface area contributed by atoms with E-state index in [1.54, 1.807) is 36.6 Å². The zero-order valence-electron chi connectivity index (χ0n) is 14.8. The van der Waals surface area contributed by atoms with Gasteiger partial charge in [-0.3, -0.25) is 4.79 Å². The van der Waals surface area contributed by atoms with Gasteiger partial charge in [-0.2, -0.15) is 5.26 Å². The van der Waals surface area contributed by atoms with E-state index < -0.39 is 0 Å². The van der Waals surface area contributed by atoms with Crippen LogP contribution in [0.5, 0.6) is 11.5 Å². The van der Waals surface area contributed by atoms with E-state index in [2.05, 4.69) is 12.1 Å². The number of hydrogen-bond acceptors (Lipinski definition) is 5. The van der Waals surface area contributed by atoms with Gasteiger partial charge in [0.25, 0.3) is 0 Å². The molecule has 0 bridgehead atoms. The second-order valence-corrected chi connectivity index (χ2v) is 7.29. The molecule has 3 rings (SSSR count). The Morgan fingerprint density at radius 1 is 1.35 bits per heavy atom. The van der Waals surface area contributed by atoms with Crippen molar-refractivity contribution in [3.63, 3.8) is 0 Å². The lowest BCUT2D eigenvalue weighted by molar-refractivity contribution is -0.132. The maximum Gasteiger partial charge on any atom is 0.223 e. The Morgan fingerprint density at radius 2 is 2.19 bits per heavy atom. The number of carbonyl (C=O) groups is 1. The quantitative estimate of drug-likeness (QED) is 0.627. The number of ether oxygens (including phenoxy) is 2. The molecule has 1 amide bonds. The normalized spacial score (nSPS) is 13.1. The van der Waals surface area contributed by atoms with E-state index in [9.17, 15) is 4.79 Å². The lowest BCUT2D eigenvalue weighted by atomic mass is 10.2. The van der Waals surface area contributed by atoms with Gasteiger partial charge in [-0.05, 0) is 42.8 Å². The van der Waals surface area contributed by atoms with Crippen molar-refractivity contribution in [3.05, 3.63) is 46.2 Å². The molecular formula is C20H22N2O3S. The first-order valence-electron chi connectivity index (χ1n) is 8.74. The number of carbonyl (C=O) groups excluding carboxylic acids is 1. The van der Waals surface area contributed by atoms with Crippen molar-refractivity contribution in [2.45, 2.75) is 38.3 Å². The first kappa shape index (κ1) is 18.3. The van der Waals surface area contributed by atoms with Gasteiger partial charge >= 0.3 is 0 Å². The fourth-order valence-electron chi connectivity index (χ4n) is 2.78.